The van der Waals surface area contributed by atoms with E-state index in [2.05, 4.69) is 15.3 Å². The van der Waals surface area contributed by atoms with Crippen molar-refractivity contribution >= 4 is 11.9 Å². The highest BCUT2D eigenvalue weighted by Gasteiger charge is 2.14. The first-order valence-electron chi connectivity index (χ1n) is 7.74. The second-order valence-electron chi connectivity index (χ2n) is 5.05. The van der Waals surface area contributed by atoms with Crippen LogP contribution in [0.1, 0.15) is 29.9 Å². The van der Waals surface area contributed by atoms with Gasteiger partial charge in [0.15, 0.2) is 0 Å². The second-order valence-corrected chi connectivity index (χ2v) is 5.05. The van der Waals surface area contributed by atoms with Crippen LogP contribution >= 0.6 is 0 Å². The predicted octanol–water partition coefficient (Wildman–Crippen LogP) is 2.75. The van der Waals surface area contributed by atoms with Gasteiger partial charge in [0, 0.05) is 25.8 Å². The van der Waals surface area contributed by atoms with Crippen LogP contribution in [0.3, 0.4) is 0 Å². The maximum Gasteiger partial charge on any atom is 0.272 e. The Hall–Kier alpha value is -2.50. The van der Waals surface area contributed by atoms with Crippen LogP contribution in [-0.4, -0.2) is 40.4 Å². The third kappa shape index (κ3) is 4.74. The molecule has 0 bridgehead atoms. The minimum atomic E-state index is -0.243. The van der Waals surface area contributed by atoms with E-state index in [9.17, 15) is 9.18 Å². The number of carbonyl (C=O) groups excluding carboxylic acids is 1. The van der Waals surface area contributed by atoms with E-state index < -0.39 is 0 Å². The molecule has 0 aliphatic carbocycles. The lowest BCUT2D eigenvalue weighted by molar-refractivity contribution is 0.0767. The number of anilines is 1. The summed E-state index contributed by atoms with van der Waals surface area (Å²) in [5.41, 5.74) is 1.40. The predicted molar refractivity (Wildman–Crippen MR) is 87.9 cm³/mol. The largest absolute Gasteiger partial charge is 0.354 e. The Kier molecular flexibility index (Phi) is 6.02. The van der Waals surface area contributed by atoms with Gasteiger partial charge in [-0.05, 0) is 44.0 Å². The molecule has 6 heteroatoms. The van der Waals surface area contributed by atoms with Gasteiger partial charge in [0.1, 0.15) is 11.5 Å². The van der Waals surface area contributed by atoms with Crippen LogP contribution in [0.4, 0.5) is 10.3 Å². The molecule has 0 saturated heterocycles. The fraction of sp³-hybridized carbons (Fsp3) is 0.353. The van der Waals surface area contributed by atoms with Crippen molar-refractivity contribution < 1.29 is 9.18 Å². The normalized spacial score (nSPS) is 10.4. The summed E-state index contributed by atoms with van der Waals surface area (Å²) >= 11 is 0. The van der Waals surface area contributed by atoms with E-state index in [-0.39, 0.29) is 11.7 Å². The SMILES string of the molecule is CCN(CC)C(=O)c1ccnc(NCCc2ccc(F)cc2)n1. The lowest BCUT2D eigenvalue weighted by Gasteiger charge is -2.18. The van der Waals surface area contributed by atoms with E-state index in [1.54, 1.807) is 29.3 Å². The fourth-order valence-electron chi connectivity index (χ4n) is 2.21. The Morgan fingerprint density at radius 2 is 1.87 bits per heavy atom. The van der Waals surface area contributed by atoms with Crippen molar-refractivity contribution in [2.45, 2.75) is 20.3 Å². The van der Waals surface area contributed by atoms with Crippen LogP contribution in [0.25, 0.3) is 0 Å². The fourth-order valence-corrected chi connectivity index (χ4v) is 2.21. The molecule has 122 valence electrons. The first kappa shape index (κ1) is 16.9. The van der Waals surface area contributed by atoms with Crippen LogP contribution in [0.2, 0.25) is 0 Å². The van der Waals surface area contributed by atoms with Crippen molar-refractivity contribution in [3.8, 4) is 0 Å². The summed E-state index contributed by atoms with van der Waals surface area (Å²) in [5, 5.41) is 3.09. The van der Waals surface area contributed by atoms with Crippen molar-refractivity contribution in [3.63, 3.8) is 0 Å². The van der Waals surface area contributed by atoms with E-state index in [1.807, 2.05) is 13.8 Å². The van der Waals surface area contributed by atoms with Crippen molar-refractivity contribution in [1.29, 1.82) is 0 Å². The Labute approximate surface area is 135 Å². The van der Waals surface area contributed by atoms with Crippen LogP contribution in [-0.2, 0) is 6.42 Å². The molecule has 0 atom stereocenters. The van der Waals surface area contributed by atoms with Gasteiger partial charge in [-0.15, -0.1) is 0 Å². The number of nitrogens with one attached hydrogen (secondary N) is 1. The lowest BCUT2D eigenvalue weighted by atomic mass is 10.1. The summed E-state index contributed by atoms with van der Waals surface area (Å²) in [6.45, 7) is 5.77. The maximum atomic E-state index is 12.8. The molecule has 0 aliphatic rings. The molecule has 0 radical (unpaired) electrons. The van der Waals surface area contributed by atoms with Crippen molar-refractivity contribution in [1.82, 2.24) is 14.9 Å². The zero-order valence-electron chi connectivity index (χ0n) is 13.4. The van der Waals surface area contributed by atoms with Gasteiger partial charge in [0.25, 0.3) is 5.91 Å². The number of benzene rings is 1. The summed E-state index contributed by atoms with van der Waals surface area (Å²) in [6.07, 6.45) is 2.29. The molecule has 1 heterocycles. The van der Waals surface area contributed by atoms with Gasteiger partial charge in [-0.25, -0.2) is 14.4 Å². The highest BCUT2D eigenvalue weighted by atomic mass is 19.1. The minimum Gasteiger partial charge on any atom is -0.354 e. The maximum absolute atomic E-state index is 12.8. The molecular formula is C17H21FN4O. The molecule has 1 aromatic heterocycles. The molecule has 0 spiro atoms. The monoisotopic (exact) mass is 316 g/mol. The van der Waals surface area contributed by atoms with Crippen LogP contribution in [0.5, 0.6) is 0 Å². The molecule has 1 aromatic carbocycles. The zero-order valence-corrected chi connectivity index (χ0v) is 13.4. The number of hydrogen-bond acceptors (Lipinski definition) is 4. The molecule has 0 aliphatic heterocycles. The molecule has 0 fully saturated rings. The topological polar surface area (TPSA) is 58.1 Å². The van der Waals surface area contributed by atoms with E-state index in [4.69, 9.17) is 0 Å². The van der Waals surface area contributed by atoms with E-state index in [0.29, 0.717) is 31.3 Å². The highest BCUT2D eigenvalue weighted by Crippen LogP contribution is 2.07. The Morgan fingerprint density at radius 1 is 1.17 bits per heavy atom. The van der Waals surface area contributed by atoms with Crippen LogP contribution in [0.15, 0.2) is 36.5 Å². The van der Waals surface area contributed by atoms with Crippen molar-refractivity contribution in [2.75, 3.05) is 25.0 Å². The third-order valence-corrected chi connectivity index (χ3v) is 3.54. The van der Waals surface area contributed by atoms with Gasteiger partial charge in [-0.2, -0.15) is 0 Å². The Morgan fingerprint density at radius 3 is 2.52 bits per heavy atom. The van der Waals surface area contributed by atoms with Gasteiger partial charge >= 0.3 is 0 Å². The molecule has 2 rings (SSSR count). The molecule has 2 aromatic rings. The molecule has 1 N–H and O–H groups in total. The van der Waals surface area contributed by atoms with E-state index in [0.717, 1.165) is 12.0 Å². The van der Waals surface area contributed by atoms with Gasteiger partial charge < -0.3 is 10.2 Å². The molecule has 5 nitrogen and oxygen atoms in total. The molecule has 23 heavy (non-hydrogen) atoms. The van der Waals surface area contributed by atoms with Crippen LogP contribution in [0, 0.1) is 5.82 Å². The molecule has 0 saturated carbocycles. The molecular weight excluding hydrogens is 295 g/mol. The minimum absolute atomic E-state index is 0.0982. The summed E-state index contributed by atoms with van der Waals surface area (Å²) in [6, 6.07) is 7.99. The van der Waals surface area contributed by atoms with E-state index >= 15 is 0 Å². The number of halogens is 1. The number of hydrogen-bond donors (Lipinski definition) is 1. The molecule has 1 amide bonds. The summed E-state index contributed by atoms with van der Waals surface area (Å²) in [5.74, 6) is 0.0803. The highest BCUT2D eigenvalue weighted by molar-refractivity contribution is 5.92. The first-order chi connectivity index (χ1) is 11.1. The zero-order chi connectivity index (χ0) is 16.7. The average Bonchev–Trinajstić information content (AvgIpc) is 2.58. The average molecular weight is 316 g/mol. The smallest absolute Gasteiger partial charge is 0.272 e. The summed E-state index contributed by atoms with van der Waals surface area (Å²) in [4.78, 5) is 22.4. The third-order valence-electron chi connectivity index (χ3n) is 3.54. The first-order valence-corrected chi connectivity index (χ1v) is 7.74. The van der Waals surface area contributed by atoms with Crippen molar-refractivity contribution in [3.05, 3.63) is 53.6 Å². The van der Waals surface area contributed by atoms with Gasteiger partial charge in [-0.1, -0.05) is 12.1 Å². The van der Waals surface area contributed by atoms with Gasteiger partial charge in [0.05, 0.1) is 0 Å². The number of amides is 1. The lowest BCUT2D eigenvalue weighted by Crippen LogP contribution is -2.31. The number of rotatable bonds is 7. The summed E-state index contributed by atoms with van der Waals surface area (Å²) < 4.78 is 12.8. The number of nitrogens with zero attached hydrogens (tertiary/aromatic N) is 3. The Balaban J connectivity index is 1.94. The van der Waals surface area contributed by atoms with Gasteiger partial charge in [-0.3, -0.25) is 4.79 Å². The van der Waals surface area contributed by atoms with E-state index in [1.165, 1.54) is 12.1 Å². The molecule has 0 unspecified atom stereocenters. The summed E-state index contributed by atoms with van der Waals surface area (Å²) in [7, 11) is 0. The number of aromatic nitrogens is 2. The Bertz CT molecular complexity index is 641. The van der Waals surface area contributed by atoms with Crippen LogP contribution < -0.4 is 5.32 Å². The number of carbonyl (C=O) groups is 1. The van der Waals surface area contributed by atoms with Crippen molar-refractivity contribution in [2.24, 2.45) is 0 Å². The quantitative estimate of drug-likeness (QED) is 0.853. The second kappa shape index (κ2) is 8.22. The standard InChI is InChI=1S/C17H21FN4O/c1-3-22(4-2)16(23)15-10-12-20-17(21-15)19-11-9-13-5-7-14(18)8-6-13/h5-8,10,12H,3-4,9,11H2,1-2H3,(H,19,20,21). The van der Waals surface area contributed by atoms with Gasteiger partial charge in [0.2, 0.25) is 5.95 Å².